The molecule has 2 saturated heterocycles. The molecular formula is C12H15IN2. The Kier molecular flexibility index (Phi) is 2.60. The maximum Gasteiger partial charge on any atom is 0.0455 e. The summed E-state index contributed by atoms with van der Waals surface area (Å²) >= 11 is 2.36. The molecular weight excluding hydrogens is 299 g/mol. The fourth-order valence-electron chi connectivity index (χ4n) is 2.80. The highest BCUT2D eigenvalue weighted by Crippen LogP contribution is 2.31. The van der Waals surface area contributed by atoms with Gasteiger partial charge in [0, 0.05) is 34.9 Å². The maximum atomic E-state index is 3.49. The molecule has 15 heavy (non-hydrogen) atoms. The van der Waals surface area contributed by atoms with E-state index in [2.05, 4.69) is 57.1 Å². The van der Waals surface area contributed by atoms with Crippen molar-refractivity contribution in [3.8, 4) is 0 Å². The van der Waals surface area contributed by atoms with Crippen LogP contribution in [0.1, 0.15) is 6.42 Å². The number of benzene rings is 1. The summed E-state index contributed by atoms with van der Waals surface area (Å²) in [5.41, 5.74) is 1.40. The van der Waals surface area contributed by atoms with Gasteiger partial charge in [0.25, 0.3) is 0 Å². The van der Waals surface area contributed by atoms with Crippen molar-refractivity contribution in [2.24, 2.45) is 5.92 Å². The van der Waals surface area contributed by atoms with Crippen LogP contribution >= 0.6 is 22.6 Å². The quantitative estimate of drug-likeness (QED) is 0.799. The van der Waals surface area contributed by atoms with Crippen LogP contribution in [0.3, 0.4) is 0 Å². The van der Waals surface area contributed by atoms with E-state index < -0.39 is 0 Å². The third-order valence-electron chi connectivity index (χ3n) is 3.60. The Hall–Kier alpha value is -0.290. The van der Waals surface area contributed by atoms with Gasteiger partial charge in [-0.15, -0.1) is 0 Å². The Balaban J connectivity index is 1.85. The first-order valence-electron chi connectivity index (χ1n) is 5.57. The molecule has 1 unspecified atom stereocenters. The van der Waals surface area contributed by atoms with E-state index in [9.17, 15) is 0 Å². The largest absolute Gasteiger partial charge is 0.367 e. The van der Waals surface area contributed by atoms with E-state index in [4.69, 9.17) is 0 Å². The van der Waals surface area contributed by atoms with Gasteiger partial charge in [-0.05, 0) is 59.2 Å². The van der Waals surface area contributed by atoms with Crippen LogP contribution in [0.15, 0.2) is 24.3 Å². The highest BCUT2D eigenvalue weighted by molar-refractivity contribution is 14.1. The summed E-state index contributed by atoms with van der Waals surface area (Å²) in [6.07, 6.45) is 1.35. The normalized spacial score (nSPS) is 29.5. The smallest absolute Gasteiger partial charge is 0.0455 e. The van der Waals surface area contributed by atoms with E-state index in [0.717, 1.165) is 18.5 Å². The van der Waals surface area contributed by atoms with E-state index in [0.29, 0.717) is 0 Å². The molecule has 1 N–H and O–H groups in total. The molecule has 0 aromatic heterocycles. The van der Waals surface area contributed by atoms with Crippen LogP contribution in [0.25, 0.3) is 0 Å². The number of halogens is 1. The summed E-state index contributed by atoms with van der Waals surface area (Å²) in [6.45, 7) is 3.61. The summed E-state index contributed by atoms with van der Waals surface area (Å²) in [4.78, 5) is 2.57. The first-order chi connectivity index (χ1) is 7.34. The molecule has 2 heterocycles. The van der Waals surface area contributed by atoms with Crippen molar-refractivity contribution in [1.29, 1.82) is 0 Å². The molecule has 3 heteroatoms. The lowest BCUT2D eigenvalue weighted by atomic mass is 10.1. The zero-order valence-electron chi connectivity index (χ0n) is 8.62. The first-order valence-corrected chi connectivity index (χ1v) is 6.65. The third-order valence-corrected chi connectivity index (χ3v) is 4.32. The van der Waals surface area contributed by atoms with Gasteiger partial charge in [0.1, 0.15) is 0 Å². The Bertz CT molecular complexity index is 349. The molecule has 2 atom stereocenters. The molecule has 2 aliphatic rings. The van der Waals surface area contributed by atoms with Gasteiger partial charge in [0.15, 0.2) is 0 Å². The predicted molar refractivity (Wildman–Crippen MR) is 71.3 cm³/mol. The Morgan fingerprint density at radius 3 is 2.80 bits per heavy atom. The molecule has 2 fully saturated rings. The summed E-state index contributed by atoms with van der Waals surface area (Å²) in [6, 6.07) is 9.65. The number of nitrogens with zero attached hydrogens (tertiary/aromatic N) is 1. The minimum Gasteiger partial charge on any atom is -0.367 e. The zero-order valence-corrected chi connectivity index (χ0v) is 10.8. The van der Waals surface area contributed by atoms with Gasteiger partial charge in [0.2, 0.25) is 0 Å². The van der Waals surface area contributed by atoms with Crippen molar-refractivity contribution < 1.29 is 0 Å². The van der Waals surface area contributed by atoms with Crippen LogP contribution in [0.5, 0.6) is 0 Å². The SMILES string of the molecule is Ic1ccc(N2CCC3CNC[C@@H]32)cc1. The number of anilines is 1. The molecule has 0 bridgehead atoms. The van der Waals surface area contributed by atoms with Crippen molar-refractivity contribution in [3.05, 3.63) is 27.8 Å². The van der Waals surface area contributed by atoms with Crippen LogP contribution in [0.2, 0.25) is 0 Å². The van der Waals surface area contributed by atoms with Crippen LogP contribution in [-0.2, 0) is 0 Å². The molecule has 0 radical (unpaired) electrons. The molecule has 80 valence electrons. The third kappa shape index (κ3) is 1.76. The Labute approximate surface area is 104 Å². The van der Waals surface area contributed by atoms with Crippen molar-refractivity contribution in [1.82, 2.24) is 5.32 Å². The predicted octanol–water partition coefficient (Wildman–Crippen LogP) is 2.09. The number of nitrogens with one attached hydrogen (secondary N) is 1. The lowest BCUT2D eigenvalue weighted by Gasteiger charge is -2.25. The van der Waals surface area contributed by atoms with Crippen LogP contribution in [0.4, 0.5) is 5.69 Å². The van der Waals surface area contributed by atoms with Crippen molar-refractivity contribution >= 4 is 28.3 Å². The van der Waals surface area contributed by atoms with Crippen molar-refractivity contribution in [2.75, 3.05) is 24.5 Å². The lowest BCUT2D eigenvalue weighted by molar-refractivity contribution is 0.578. The van der Waals surface area contributed by atoms with Gasteiger partial charge in [0.05, 0.1) is 0 Å². The number of rotatable bonds is 1. The number of hydrogen-bond donors (Lipinski definition) is 1. The molecule has 0 spiro atoms. The van der Waals surface area contributed by atoms with Crippen LogP contribution in [0, 0.1) is 9.49 Å². The highest BCUT2D eigenvalue weighted by Gasteiger charge is 2.37. The Morgan fingerprint density at radius 1 is 1.20 bits per heavy atom. The lowest BCUT2D eigenvalue weighted by Crippen LogP contribution is -2.33. The van der Waals surface area contributed by atoms with E-state index in [1.54, 1.807) is 0 Å². The van der Waals surface area contributed by atoms with Gasteiger partial charge >= 0.3 is 0 Å². The van der Waals surface area contributed by atoms with Gasteiger partial charge < -0.3 is 10.2 Å². The second-order valence-corrected chi connectivity index (χ2v) is 5.69. The average molecular weight is 314 g/mol. The summed E-state index contributed by atoms with van der Waals surface area (Å²) in [5, 5.41) is 3.49. The molecule has 1 aromatic rings. The van der Waals surface area contributed by atoms with E-state index >= 15 is 0 Å². The maximum absolute atomic E-state index is 3.49. The molecule has 0 saturated carbocycles. The van der Waals surface area contributed by atoms with E-state index in [1.165, 1.54) is 28.8 Å². The Morgan fingerprint density at radius 2 is 2.00 bits per heavy atom. The highest BCUT2D eigenvalue weighted by atomic mass is 127. The van der Waals surface area contributed by atoms with Crippen LogP contribution < -0.4 is 10.2 Å². The monoisotopic (exact) mass is 314 g/mol. The minimum absolute atomic E-state index is 0.741. The summed E-state index contributed by atoms with van der Waals surface area (Å²) in [5.74, 6) is 0.879. The standard InChI is InChI=1S/C12H15IN2/c13-10-1-3-11(4-2-10)15-6-5-9-7-14-8-12(9)15/h1-4,9,12,14H,5-8H2/t9?,12-/m0/s1. The molecule has 3 rings (SSSR count). The fraction of sp³-hybridized carbons (Fsp3) is 0.500. The number of hydrogen-bond acceptors (Lipinski definition) is 2. The second kappa shape index (κ2) is 3.94. The van der Waals surface area contributed by atoms with Crippen molar-refractivity contribution in [3.63, 3.8) is 0 Å². The van der Waals surface area contributed by atoms with Crippen LogP contribution in [-0.4, -0.2) is 25.7 Å². The first kappa shape index (κ1) is 9.90. The second-order valence-electron chi connectivity index (χ2n) is 4.44. The van der Waals surface area contributed by atoms with E-state index in [-0.39, 0.29) is 0 Å². The minimum atomic E-state index is 0.741. The fourth-order valence-corrected chi connectivity index (χ4v) is 3.16. The van der Waals surface area contributed by atoms with Gasteiger partial charge in [-0.1, -0.05) is 0 Å². The van der Waals surface area contributed by atoms with Crippen molar-refractivity contribution in [2.45, 2.75) is 12.5 Å². The summed E-state index contributed by atoms with van der Waals surface area (Å²) in [7, 11) is 0. The molecule has 0 amide bonds. The molecule has 0 aliphatic carbocycles. The summed E-state index contributed by atoms with van der Waals surface area (Å²) < 4.78 is 1.32. The zero-order chi connectivity index (χ0) is 10.3. The molecule has 1 aromatic carbocycles. The van der Waals surface area contributed by atoms with Gasteiger partial charge in [-0.25, -0.2) is 0 Å². The number of fused-ring (bicyclic) bond motifs is 1. The molecule has 2 aliphatic heterocycles. The molecule has 2 nitrogen and oxygen atoms in total. The average Bonchev–Trinajstić information content (AvgIpc) is 2.80. The van der Waals surface area contributed by atoms with E-state index in [1.807, 2.05) is 0 Å². The topological polar surface area (TPSA) is 15.3 Å². The van der Waals surface area contributed by atoms with Gasteiger partial charge in [-0.2, -0.15) is 0 Å². The van der Waals surface area contributed by atoms with Gasteiger partial charge in [-0.3, -0.25) is 0 Å².